The van der Waals surface area contributed by atoms with E-state index in [1.54, 1.807) is 46.9 Å². The standard InChI is InChI=1S/C23H17FN6OS/c24-15-5-7-16(8-6-15)30-12-14(11-27-30)23(31)29-10-9-18-20(26-13-25-18)21(29)22-28-17-3-1-2-4-19(17)32-22/h1-8,11-13,21H,9-10H2,(H,25,26)/t21-/m0/s1. The predicted molar refractivity (Wildman–Crippen MR) is 118 cm³/mol. The zero-order chi connectivity index (χ0) is 21.7. The summed E-state index contributed by atoms with van der Waals surface area (Å²) in [5, 5.41) is 5.14. The molecule has 0 unspecified atom stereocenters. The van der Waals surface area contributed by atoms with E-state index in [4.69, 9.17) is 4.98 Å². The van der Waals surface area contributed by atoms with Crippen LogP contribution in [0, 0.1) is 5.82 Å². The monoisotopic (exact) mass is 444 g/mol. The normalized spacial score (nSPS) is 15.8. The fourth-order valence-electron chi connectivity index (χ4n) is 4.09. The molecule has 0 spiro atoms. The lowest BCUT2D eigenvalue weighted by molar-refractivity contribution is 0.0690. The second-order valence-corrected chi connectivity index (χ2v) is 8.65. The summed E-state index contributed by atoms with van der Waals surface area (Å²) in [6.45, 7) is 0.538. The average Bonchev–Trinajstić information content (AvgIpc) is 3.57. The molecule has 5 aromatic rings. The van der Waals surface area contributed by atoms with Gasteiger partial charge in [-0.1, -0.05) is 12.1 Å². The topological polar surface area (TPSA) is 79.7 Å². The minimum Gasteiger partial charge on any atom is -0.348 e. The van der Waals surface area contributed by atoms with Gasteiger partial charge in [-0.25, -0.2) is 19.0 Å². The van der Waals surface area contributed by atoms with Gasteiger partial charge in [0.05, 0.1) is 39.7 Å². The van der Waals surface area contributed by atoms with Gasteiger partial charge in [-0.2, -0.15) is 5.10 Å². The Kier molecular flexibility index (Phi) is 4.36. The van der Waals surface area contributed by atoms with Crippen molar-refractivity contribution in [3.8, 4) is 5.69 Å². The zero-order valence-corrected chi connectivity index (χ0v) is 17.6. The van der Waals surface area contributed by atoms with Crippen molar-refractivity contribution in [2.45, 2.75) is 12.5 Å². The van der Waals surface area contributed by atoms with Gasteiger partial charge in [0.1, 0.15) is 16.9 Å². The maximum absolute atomic E-state index is 13.6. The summed E-state index contributed by atoms with van der Waals surface area (Å²) in [6.07, 6.45) is 5.58. The number of hydrogen-bond donors (Lipinski definition) is 1. The number of halogens is 1. The van der Waals surface area contributed by atoms with E-state index in [1.807, 2.05) is 29.2 Å². The van der Waals surface area contributed by atoms with Gasteiger partial charge < -0.3 is 9.88 Å². The number of amides is 1. The van der Waals surface area contributed by atoms with E-state index >= 15 is 0 Å². The molecule has 1 amide bonds. The van der Waals surface area contributed by atoms with Crippen molar-refractivity contribution >= 4 is 27.5 Å². The Bertz CT molecular complexity index is 1400. The molecule has 32 heavy (non-hydrogen) atoms. The Morgan fingerprint density at radius 1 is 1.16 bits per heavy atom. The van der Waals surface area contributed by atoms with E-state index in [0.29, 0.717) is 24.2 Å². The number of aromatic amines is 1. The molecular weight excluding hydrogens is 427 g/mol. The zero-order valence-electron chi connectivity index (χ0n) is 16.8. The van der Waals surface area contributed by atoms with Gasteiger partial charge in [0.15, 0.2) is 0 Å². The van der Waals surface area contributed by atoms with Gasteiger partial charge in [-0.15, -0.1) is 11.3 Å². The molecular formula is C23H17FN6OS. The molecule has 1 atom stereocenters. The molecule has 2 aromatic carbocycles. The molecule has 3 aromatic heterocycles. The lowest BCUT2D eigenvalue weighted by Gasteiger charge is -2.33. The number of fused-ring (bicyclic) bond motifs is 2. The van der Waals surface area contributed by atoms with E-state index in [9.17, 15) is 9.18 Å². The highest BCUT2D eigenvalue weighted by Crippen LogP contribution is 2.38. The maximum atomic E-state index is 13.6. The van der Waals surface area contributed by atoms with Crippen molar-refractivity contribution in [3.63, 3.8) is 0 Å². The fourth-order valence-corrected chi connectivity index (χ4v) is 5.17. The third-order valence-corrected chi connectivity index (χ3v) is 6.74. The molecule has 9 heteroatoms. The summed E-state index contributed by atoms with van der Waals surface area (Å²) in [5.74, 6) is -0.463. The van der Waals surface area contributed by atoms with Crippen LogP contribution in [0.5, 0.6) is 0 Å². The van der Waals surface area contributed by atoms with E-state index < -0.39 is 0 Å². The van der Waals surface area contributed by atoms with Crippen molar-refractivity contribution in [1.29, 1.82) is 0 Å². The number of rotatable bonds is 3. The molecule has 1 N–H and O–H groups in total. The summed E-state index contributed by atoms with van der Waals surface area (Å²) >= 11 is 1.58. The summed E-state index contributed by atoms with van der Waals surface area (Å²) in [7, 11) is 0. The van der Waals surface area contributed by atoms with Gasteiger partial charge >= 0.3 is 0 Å². The van der Waals surface area contributed by atoms with E-state index in [0.717, 1.165) is 26.6 Å². The second-order valence-electron chi connectivity index (χ2n) is 7.59. The molecule has 1 aliphatic heterocycles. The van der Waals surface area contributed by atoms with Crippen LogP contribution in [0.25, 0.3) is 15.9 Å². The number of imidazole rings is 1. The van der Waals surface area contributed by atoms with Crippen LogP contribution in [0.3, 0.4) is 0 Å². The fraction of sp³-hybridized carbons (Fsp3) is 0.130. The molecule has 0 saturated heterocycles. The Hall–Kier alpha value is -3.85. The summed E-state index contributed by atoms with van der Waals surface area (Å²) in [6, 6.07) is 13.6. The molecule has 158 valence electrons. The molecule has 0 fully saturated rings. The highest BCUT2D eigenvalue weighted by atomic mass is 32.1. The number of hydrogen-bond acceptors (Lipinski definition) is 5. The summed E-state index contributed by atoms with van der Waals surface area (Å²) in [5.41, 5.74) is 3.91. The molecule has 1 aliphatic rings. The van der Waals surface area contributed by atoms with E-state index in [-0.39, 0.29) is 17.8 Å². The van der Waals surface area contributed by atoms with Crippen LogP contribution >= 0.6 is 11.3 Å². The highest BCUT2D eigenvalue weighted by Gasteiger charge is 2.37. The van der Waals surface area contributed by atoms with Crippen LogP contribution in [0.15, 0.2) is 67.3 Å². The smallest absolute Gasteiger partial charge is 0.257 e. The van der Waals surface area contributed by atoms with Crippen LogP contribution in [0.1, 0.15) is 32.8 Å². The molecule has 0 aliphatic carbocycles. The number of carbonyl (C=O) groups is 1. The number of thiazole rings is 1. The third kappa shape index (κ3) is 3.09. The first-order chi connectivity index (χ1) is 15.7. The van der Waals surface area contributed by atoms with Crippen molar-refractivity contribution in [2.24, 2.45) is 0 Å². The van der Waals surface area contributed by atoms with Crippen molar-refractivity contribution in [3.05, 3.63) is 95.0 Å². The number of nitrogens with zero attached hydrogens (tertiary/aromatic N) is 5. The number of benzene rings is 2. The van der Waals surface area contributed by atoms with Crippen LogP contribution in [0.2, 0.25) is 0 Å². The highest BCUT2D eigenvalue weighted by molar-refractivity contribution is 7.18. The minimum absolute atomic E-state index is 0.142. The largest absolute Gasteiger partial charge is 0.348 e. The van der Waals surface area contributed by atoms with Gasteiger partial charge in [0.2, 0.25) is 0 Å². The van der Waals surface area contributed by atoms with Gasteiger partial charge in [-0.05, 0) is 36.4 Å². The lowest BCUT2D eigenvalue weighted by Crippen LogP contribution is -2.40. The van der Waals surface area contributed by atoms with Gasteiger partial charge in [-0.3, -0.25) is 4.79 Å². The quantitative estimate of drug-likeness (QED) is 0.454. The Morgan fingerprint density at radius 2 is 2.00 bits per heavy atom. The van der Waals surface area contributed by atoms with Crippen LogP contribution in [-0.4, -0.2) is 42.1 Å². The van der Waals surface area contributed by atoms with Gasteiger partial charge in [0, 0.05) is 24.9 Å². The van der Waals surface area contributed by atoms with Crippen LogP contribution in [0.4, 0.5) is 4.39 Å². The van der Waals surface area contributed by atoms with Crippen molar-refractivity contribution in [2.75, 3.05) is 6.54 Å². The first-order valence-electron chi connectivity index (χ1n) is 10.2. The average molecular weight is 444 g/mol. The van der Waals surface area contributed by atoms with Crippen LogP contribution in [-0.2, 0) is 6.42 Å². The number of para-hydroxylation sites is 1. The lowest BCUT2D eigenvalue weighted by atomic mass is 10.0. The summed E-state index contributed by atoms with van der Waals surface area (Å²) < 4.78 is 15.9. The van der Waals surface area contributed by atoms with Crippen LogP contribution < -0.4 is 0 Å². The number of H-pyrrole nitrogens is 1. The molecule has 6 rings (SSSR count). The van der Waals surface area contributed by atoms with E-state index in [2.05, 4.69) is 15.1 Å². The summed E-state index contributed by atoms with van der Waals surface area (Å²) in [4.78, 5) is 27.9. The first kappa shape index (κ1) is 18.9. The molecule has 7 nitrogen and oxygen atoms in total. The molecule has 0 radical (unpaired) electrons. The molecule has 4 heterocycles. The van der Waals surface area contributed by atoms with E-state index in [1.165, 1.54) is 12.1 Å². The Balaban J connectivity index is 1.38. The molecule has 0 bridgehead atoms. The van der Waals surface area contributed by atoms with Crippen molar-refractivity contribution < 1.29 is 9.18 Å². The second kappa shape index (κ2) is 7.38. The van der Waals surface area contributed by atoms with Gasteiger partial charge in [0.25, 0.3) is 5.91 Å². The number of nitrogens with one attached hydrogen (secondary N) is 1. The SMILES string of the molecule is O=C(c1cnn(-c2ccc(F)cc2)c1)N1CCc2[nH]cnc2[C@H]1c1nc2ccccc2s1. The Labute approximate surface area is 186 Å². The predicted octanol–water partition coefficient (Wildman–Crippen LogP) is 4.13. The number of aromatic nitrogens is 5. The third-order valence-electron chi connectivity index (χ3n) is 5.65. The minimum atomic E-state index is -0.371. The van der Waals surface area contributed by atoms with Crippen molar-refractivity contribution in [1.82, 2.24) is 29.6 Å². The Morgan fingerprint density at radius 3 is 2.84 bits per heavy atom. The molecule has 0 saturated carbocycles. The first-order valence-corrected chi connectivity index (χ1v) is 11.0. The maximum Gasteiger partial charge on any atom is 0.257 e. The number of carbonyl (C=O) groups excluding carboxylic acids is 1.